The predicted octanol–water partition coefficient (Wildman–Crippen LogP) is 3.94. The van der Waals surface area contributed by atoms with Crippen LogP contribution >= 0.6 is 0 Å². The summed E-state index contributed by atoms with van der Waals surface area (Å²) in [5, 5.41) is 3.47. The van der Waals surface area contributed by atoms with Crippen molar-refractivity contribution in [2.45, 2.75) is 45.7 Å². The molecule has 1 N–H and O–H groups in total. The summed E-state index contributed by atoms with van der Waals surface area (Å²) in [6, 6.07) is 8.22. The van der Waals surface area contributed by atoms with Gasteiger partial charge in [0.25, 0.3) is 0 Å². The van der Waals surface area contributed by atoms with Crippen LogP contribution in [0.15, 0.2) is 36.9 Å². The lowest BCUT2D eigenvalue weighted by Crippen LogP contribution is -2.35. The summed E-state index contributed by atoms with van der Waals surface area (Å²) >= 11 is 0. The van der Waals surface area contributed by atoms with Crippen molar-refractivity contribution in [1.29, 1.82) is 0 Å². The number of nitrogens with one attached hydrogen (secondary N) is 1. The van der Waals surface area contributed by atoms with Gasteiger partial charge in [0, 0.05) is 18.7 Å². The van der Waals surface area contributed by atoms with Gasteiger partial charge in [-0.05, 0) is 51.3 Å². The minimum Gasteiger partial charge on any atom is -0.491 e. The molecule has 0 radical (unpaired) electrons. The highest BCUT2D eigenvalue weighted by molar-refractivity contribution is 5.27. The highest BCUT2D eigenvalue weighted by Crippen LogP contribution is 2.13. The monoisotopic (exact) mass is 291 g/mol. The van der Waals surface area contributed by atoms with Crippen LogP contribution in [0.3, 0.4) is 0 Å². The molecule has 3 nitrogen and oxygen atoms in total. The molecule has 0 aliphatic heterocycles. The average molecular weight is 291 g/mol. The van der Waals surface area contributed by atoms with Gasteiger partial charge in [0.05, 0.1) is 6.61 Å². The predicted molar refractivity (Wildman–Crippen MR) is 88.8 cm³/mol. The fourth-order valence-electron chi connectivity index (χ4n) is 1.72. The van der Waals surface area contributed by atoms with Crippen molar-refractivity contribution in [3.8, 4) is 5.75 Å². The minimum atomic E-state index is 0.137. The number of hydrogen-bond donors (Lipinski definition) is 1. The summed E-state index contributed by atoms with van der Waals surface area (Å²) in [7, 11) is 0. The van der Waals surface area contributed by atoms with E-state index in [4.69, 9.17) is 9.47 Å². The summed E-state index contributed by atoms with van der Waals surface area (Å²) in [5.41, 5.74) is 1.40. The van der Waals surface area contributed by atoms with E-state index in [1.54, 1.807) is 0 Å². The van der Waals surface area contributed by atoms with Crippen LogP contribution in [0.4, 0.5) is 0 Å². The van der Waals surface area contributed by atoms with E-state index in [9.17, 15) is 0 Å². The summed E-state index contributed by atoms with van der Waals surface area (Å²) < 4.78 is 11.1. The summed E-state index contributed by atoms with van der Waals surface area (Å²) in [4.78, 5) is 0. The van der Waals surface area contributed by atoms with Gasteiger partial charge in [-0.3, -0.25) is 0 Å². The number of unbranched alkanes of at least 4 members (excludes halogenated alkanes) is 1. The Bertz CT molecular complexity index is 393. The van der Waals surface area contributed by atoms with E-state index in [-0.39, 0.29) is 5.54 Å². The second-order valence-electron chi connectivity index (χ2n) is 6.14. The Hall–Kier alpha value is -1.32. The molecular weight excluding hydrogens is 262 g/mol. The topological polar surface area (TPSA) is 30.5 Å². The number of allylic oxidation sites excluding steroid dienone is 1. The molecule has 1 aromatic carbocycles. The molecule has 1 aromatic rings. The van der Waals surface area contributed by atoms with E-state index >= 15 is 0 Å². The van der Waals surface area contributed by atoms with E-state index in [0.717, 1.165) is 31.7 Å². The zero-order valence-corrected chi connectivity index (χ0v) is 13.7. The molecule has 0 aromatic heterocycles. The van der Waals surface area contributed by atoms with Gasteiger partial charge in [-0.1, -0.05) is 18.2 Å². The quantitative estimate of drug-likeness (QED) is 0.523. The third-order valence-corrected chi connectivity index (χ3v) is 2.94. The molecule has 0 saturated heterocycles. The lowest BCUT2D eigenvalue weighted by Gasteiger charge is -2.20. The maximum Gasteiger partial charge on any atom is 0.119 e. The molecule has 0 aliphatic rings. The Labute approximate surface area is 129 Å². The zero-order chi connectivity index (χ0) is 15.6. The van der Waals surface area contributed by atoms with Crippen molar-refractivity contribution >= 4 is 0 Å². The first-order valence-corrected chi connectivity index (χ1v) is 7.67. The first kappa shape index (κ1) is 17.7. The lowest BCUT2D eigenvalue weighted by molar-refractivity contribution is 0.0988. The fourth-order valence-corrected chi connectivity index (χ4v) is 1.72. The smallest absolute Gasteiger partial charge is 0.119 e. The Kier molecular flexibility index (Phi) is 8.09. The van der Waals surface area contributed by atoms with Crippen molar-refractivity contribution in [2.75, 3.05) is 19.8 Å². The number of benzene rings is 1. The third-order valence-electron chi connectivity index (χ3n) is 2.94. The summed E-state index contributed by atoms with van der Waals surface area (Å²) in [6.45, 7) is 13.0. The van der Waals surface area contributed by atoms with E-state index in [2.05, 4.69) is 44.8 Å². The van der Waals surface area contributed by atoms with Crippen molar-refractivity contribution in [1.82, 2.24) is 5.32 Å². The lowest BCUT2D eigenvalue weighted by atomic mass is 10.1. The molecule has 21 heavy (non-hydrogen) atoms. The molecule has 0 aliphatic carbocycles. The second kappa shape index (κ2) is 9.59. The largest absolute Gasteiger partial charge is 0.491 e. The van der Waals surface area contributed by atoms with Gasteiger partial charge in [-0.25, -0.2) is 0 Å². The van der Waals surface area contributed by atoms with E-state index in [1.165, 1.54) is 5.56 Å². The van der Waals surface area contributed by atoms with Gasteiger partial charge >= 0.3 is 0 Å². The van der Waals surface area contributed by atoms with Gasteiger partial charge in [0.15, 0.2) is 0 Å². The minimum absolute atomic E-state index is 0.137. The first-order valence-electron chi connectivity index (χ1n) is 7.67. The SMILES string of the molecule is C=CCCCOCCOc1ccc(CNC(C)(C)C)cc1. The highest BCUT2D eigenvalue weighted by atomic mass is 16.5. The van der Waals surface area contributed by atoms with Gasteiger partial charge < -0.3 is 14.8 Å². The van der Waals surface area contributed by atoms with Crippen LogP contribution in [-0.4, -0.2) is 25.4 Å². The maximum atomic E-state index is 5.65. The van der Waals surface area contributed by atoms with Crippen molar-refractivity contribution in [2.24, 2.45) is 0 Å². The van der Waals surface area contributed by atoms with E-state index < -0.39 is 0 Å². The van der Waals surface area contributed by atoms with Crippen LogP contribution in [0, 0.1) is 0 Å². The molecule has 3 heteroatoms. The van der Waals surface area contributed by atoms with E-state index in [0.29, 0.717) is 13.2 Å². The van der Waals surface area contributed by atoms with Crippen molar-refractivity contribution in [3.05, 3.63) is 42.5 Å². The molecule has 0 saturated carbocycles. The van der Waals surface area contributed by atoms with Crippen LogP contribution in [0.1, 0.15) is 39.2 Å². The molecule has 0 spiro atoms. The van der Waals surface area contributed by atoms with Gasteiger partial charge in [0.1, 0.15) is 12.4 Å². The number of ether oxygens (including phenoxy) is 2. The molecule has 0 amide bonds. The molecule has 0 unspecified atom stereocenters. The van der Waals surface area contributed by atoms with Crippen LogP contribution in [0.5, 0.6) is 5.75 Å². The van der Waals surface area contributed by atoms with Crippen LogP contribution < -0.4 is 10.1 Å². The Balaban J connectivity index is 2.17. The third kappa shape index (κ3) is 9.27. The number of hydrogen-bond acceptors (Lipinski definition) is 3. The Morgan fingerprint density at radius 3 is 2.43 bits per heavy atom. The van der Waals surface area contributed by atoms with E-state index in [1.807, 2.05) is 18.2 Å². The normalized spacial score (nSPS) is 11.4. The van der Waals surface area contributed by atoms with Gasteiger partial charge in [-0.2, -0.15) is 0 Å². The van der Waals surface area contributed by atoms with Crippen LogP contribution in [0.25, 0.3) is 0 Å². The van der Waals surface area contributed by atoms with Crippen molar-refractivity contribution in [3.63, 3.8) is 0 Å². The van der Waals surface area contributed by atoms with Crippen LogP contribution in [0.2, 0.25) is 0 Å². The standard InChI is InChI=1S/C18H29NO2/c1-5-6-7-12-20-13-14-21-17-10-8-16(9-11-17)15-19-18(2,3)4/h5,8-11,19H,1,6-7,12-15H2,2-4H3. The zero-order valence-electron chi connectivity index (χ0n) is 13.7. The van der Waals surface area contributed by atoms with Crippen molar-refractivity contribution < 1.29 is 9.47 Å². The molecular formula is C18H29NO2. The molecule has 1 rings (SSSR count). The highest BCUT2D eigenvalue weighted by Gasteiger charge is 2.08. The molecule has 0 bridgehead atoms. The molecule has 118 valence electrons. The average Bonchev–Trinajstić information content (AvgIpc) is 2.44. The molecule has 0 heterocycles. The maximum absolute atomic E-state index is 5.65. The molecule has 0 fully saturated rings. The van der Waals surface area contributed by atoms with Gasteiger partial charge in [0.2, 0.25) is 0 Å². The fraction of sp³-hybridized carbons (Fsp3) is 0.556. The Morgan fingerprint density at radius 1 is 1.10 bits per heavy atom. The summed E-state index contributed by atoms with van der Waals surface area (Å²) in [6.07, 6.45) is 3.94. The first-order chi connectivity index (χ1) is 10.0. The molecule has 0 atom stereocenters. The summed E-state index contributed by atoms with van der Waals surface area (Å²) in [5.74, 6) is 0.893. The van der Waals surface area contributed by atoms with Gasteiger partial charge in [-0.15, -0.1) is 6.58 Å². The van der Waals surface area contributed by atoms with Crippen LogP contribution in [-0.2, 0) is 11.3 Å². The number of rotatable bonds is 10. The Morgan fingerprint density at radius 2 is 1.81 bits per heavy atom. The second-order valence-corrected chi connectivity index (χ2v) is 6.14.